The van der Waals surface area contributed by atoms with Crippen molar-refractivity contribution in [1.82, 2.24) is 0 Å². The second kappa shape index (κ2) is 3.52. The van der Waals surface area contributed by atoms with Crippen LogP contribution in [0.3, 0.4) is 0 Å². The summed E-state index contributed by atoms with van der Waals surface area (Å²) in [5.41, 5.74) is 7.87. The Morgan fingerprint density at radius 2 is 2.60 bits per heavy atom. The first-order valence-electron chi connectivity index (χ1n) is 3.73. The molecule has 1 aliphatic rings. The zero-order valence-electron chi connectivity index (χ0n) is 6.43. The number of nitrogens with two attached hydrogens (primary N) is 1. The third-order valence-corrected chi connectivity index (χ3v) is 1.64. The van der Waals surface area contributed by atoms with Gasteiger partial charge >= 0.3 is 0 Å². The first-order valence-corrected chi connectivity index (χ1v) is 3.73. The molecule has 10 heavy (non-hydrogen) atoms. The second-order valence-electron chi connectivity index (χ2n) is 2.67. The molecule has 0 aromatic heterocycles. The molecule has 0 saturated heterocycles. The van der Waals surface area contributed by atoms with Crippen LogP contribution in [0.5, 0.6) is 0 Å². The Hall–Kier alpha value is -0.630. The van der Waals surface area contributed by atoms with E-state index in [-0.39, 0.29) is 0 Å². The minimum Gasteiger partial charge on any atom is -0.327 e. The average molecular weight is 138 g/mol. The molecule has 0 saturated carbocycles. The van der Waals surface area contributed by atoms with E-state index >= 15 is 0 Å². The maximum Gasteiger partial charge on any atom is 0.0396 e. The number of aliphatic imine (C=N–C) groups is 1. The number of hydrogen-bond acceptors (Lipinski definition) is 2. The van der Waals surface area contributed by atoms with Crippen molar-refractivity contribution in [2.75, 3.05) is 13.1 Å². The van der Waals surface area contributed by atoms with Gasteiger partial charge in [-0.15, -0.1) is 0 Å². The maximum absolute atomic E-state index is 5.43. The molecule has 1 rings (SSSR count). The summed E-state index contributed by atoms with van der Waals surface area (Å²) in [5, 5.41) is 0. The lowest BCUT2D eigenvalue weighted by molar-refractivity contribution is 0.951. The van der Waals surface area contributed by atoms with Crippen LogP contribution < -0.4 is 5.73 Å². The standard InChI is InChI=1S/C8H14N2/c1-7(6-9)5-8-3-2-4-10-8/h5H,2-4,6,9H2,1H3/b7-5+. The SMILES string of the molecule is C/C(=C\C1=NCCC1)CN. The van der Waals surface area contributed by atoms with Crippen LogP contribution in [0.4, 0.5) is 0 Å². The molecule has 1 aliphatic heterocycles. The van der Waals surface area contributed by atoms with Crippen LogP contribution in [0.2, 0.25) is 0 Å². The van der Waals surface area contributed by atoms with Gasteiger partial charge in [-0.2, -0.15) is 0 Å². The molecule has 2 nitrogen and oxygen atoms in total. The summed E-state index contributed by atoms with van der Waals surface area (Å²) in [6.07, 6.45) is 4.45. The van der Waals surface area contributed by atoms with Crippen molar-refractivity contribution in [3.8, 4) is 0 Å². The van der Waals surface area contributed by atoms with E-state index in [1.54, 1.807) is 0 Å². The minimum absolute atomic E-state index is 0.652. The summed E-state index contributed by atoms with van der Waals surface area (Å²) in [5.74, 6) is 0. The quantitative estimate of drug-likeness (QED) is 0.610. The van der Waals surface area contributed by atoms with Crippen LogP contribution in [0, 0.1) is 0 Å². The van der Waals surface area contributed by atoms with E-state index in [0.29, 0.717) is 6.54 Å². The van der Waals surface area contributed by atoms with Gasteiger partial charge in [-0.1, -0.05) is 5.57 Å². The predicted octanol–water partition coefficient (Wildman–Crippen LogP) is 1.13. The summed E-state index contributed by atoms with van der Waals surface area (Å²) in [4.78, 5) is 4.31. The van der Waals surface area contributed by atoms with Gasteiger partial charge < -0.3 is 5.73 Å². The zero-order valence-corrected chi connectivity index (χ0v) is 6.43. The van der Waals surface area contributed by atoms with Gasteiger partial charge in [-0.3, -0.25) is 4.99 Å². The molecule has 0 unspecified atom stereocenters. The lowest BCUT2D eigenvalue weighted by Gasteiger charge is -1.93. The third kappa shape index (κ3) is 1.95. The van der Waals surface area contributed by atoms with Crippen LogP contribution in [-0.4, -0.2) is 18.8 Å². The highest BCUT2D eigenvalue weighted by Gasteiger charge is 2.01. The molecular formula is C8H14N2. The summed E-state index contributed by atoms with van der Waals surface area (Å²) >= 11 is 0. The zero-order chi connectivity index (χ0) is 7.40. The topological polar surface area (TPSA) is 38.4 Å². The first kappa shape index (κ1) is 7.48. The van der Waals surface area contributed by atoms with Gasteiger partial charge in [-0.25, -0.2) is 0 Å². The highest BCUT2D eigenvalue weighted by atomic mass is 14.8. The van der Waals surface area contributed by atoms with Gasteiger partial charge in [0.25, 0.3) is 0 Å². The van der Waals surface area contributed by atoms with Crippen LogP contribution in [-0.2, 0) is 0 Å². The number of allylic oxidation sites excluding steroid dienone is 1. The van der Waals surface area contributed by atoms with Crippen LogP contribution in [0.1, 0.15) is 19.8 Å². The molecule has 2 heteroatoms. The smallest absolute Gasteiger partial charge is 0.0396 e. The molecular weight excluding hydrogens is 124 g/mol. The fourth-order valence-electron chi connectivity index (χ4n) is 1.02. The van der Waals surface area contributed by atoms with Crippen molar-refractivity contribution in [2.45, 2.75) is 19.8 Å². The van der Waals surface area contributed by atoms with Crippen molar-refractivity contribution < 1.29 is 0 Å². The van der Waals surface area contributed by atoms with Crippen molar-refractivity contribution in [3.05, 3.63) is 11.6 Å². The summed E-state index contributed by atoms with van der Waals surface area (Å²) < 4.78 is 0. The van der Waals surface area contributed by atoms with Crippen molar-refractivity contribution in [2.24, 2.45) is 10.7 Å². The highest BCUT2D eigenvalue weighted by molar-refractivity contribution is 5.96. The first-order chi connectivity index (χ1) is 4.83. The number of rotatable bonds is 2. The van der Waals surface area contributed by atoms with Crippen LogP contribution in [0.15, 0.2) is 16.6 Å². The predicted molar refractivity (Wildman–Crippen MR) is 44.3 cm³/mol. The fraction of sp³-hybridized carbons (Fsp3) is 0.625. The molecule has 0 spiro atoms. The molecule has 2 N–H and O–H groups in total. The van der Waals surface area contributed by atoms with Crippen molar-refractivity contribution >= 4 is 5.71 Å². The van der Waals surface area contributed by atoms with Gasteiger partial charge in [0, 0.05) is 18.8 Å². The second-order valence-corrected chi connectivity index (χ2v) is 2.67. The van der Waals surface area contributed by atoms with E-state index in [1.165, 1.54) is 17.7 Å². The third-order valence-electron chi connectivity index (χ3n) is 1.64. The molecule has 0 aliphatic carbocycles. The van der Waals surface area contributed by atoms with E-state index < -0.39 is 0 Å². The molecule has 0 bridgehead atoms. The van der Waals surface area contributed by atoms with Gasteiger partial charge in [0.2, 0.25) is 0 Å². The van der Waals surface area contributed by atoms with E-state index in [0.717, 1.165) is 13.0 Å². The Morgan fingerprint density at radius 3 is 3.10 bits per heavy atom. The number of nitrogens with zero attached hydrogens (tertiary/aromatic N) is 1. The Balaban J connectivity index is 2.50. The van der Waals surface area contributed by atoms with Gasteiger partial charge in [0.05, 0.1) is 0 Å². The van der Waals surface area contributed by atoms with Gasteiger partial charge in [0.15, 0.2) is 0 Å². The molecule has 0 radical (unpaired) electrons. The Bertz CT molecular complexity index is 168. The molecule has 0 amide bonds. The summed E-state index contributed by atoms with van der Waals surface area (Å²) in [6, 6.07) is 0. The van der Waals surface area contributed by atoms with E-state index in [1.807, 2.05) is 6.92 Å². The molecule has 0 fully saturated rings. The lowest BCUT2D eigenvalue weighted by Crippen LogP contribution is -2.01. The van der Waals surface area contributed by atoms with Gasteiger partial charge in [-0.05, 0) is 25.8 Å². The monoisotopic (exact) mass is 138 g/mol. The summed E-state index contributed by atoms with van der Waals surface area (Å²) in [7, 11) is 0. The lowest BCUT2D eigenvalue weighted by atomic mass is 10.2. The van der Waals surface area contributed by atoms with E-state index in [2.05, 4.69) is 11.1 Å². The summed E-state index contributed by atoms with van der Waals surface area (Å²) in [6.45, 7) is 3.70. The van der Waals surface area contributed by atoms with Crippen molar-refractivity contribution in [1.29, 1.82) is 0 Å². The average Bonchev–Trinajstić information content (AvgIpc) is 2.40. The Labute approximate surface area is 61.8 Å². The van der Waals surface area contributed by atoms with Crippen molar-refractivity contribution in [3.63, 3.8) is 0 Å². The molecule has 56 valence electrons. The fourth-order valence-corrected chi connectivity index (χ4v) is 1.02. The van der Waals surface area contributed by atoms with E-state index in [4.69, 9.17) is 5.73 Å². The molecule has 1 heterocycles. The van der Waals surface area contributed by atoms with Gasteiger partial charge in [0.1, 0.15) is 0 Å². The molecule has 0 aromatic rings. The van der Waals surface area contributed by atoms with Crippen LogP contribution in [0.25, 0.3) is 0 Å². The minimum atomic E-state index is 0.652. The number of hydrogen-bond donors (Lipinski definition) is 1. The van der Waals surface area contributed by atoms with E-state index in [9.17, 15) is 0 Å². The molecule has 0 aromatic carbocycles. The normalized spacial score (nSPS) is 19.4. The largest absolute Gasteiger partial charge is 0.327 e. The maximum atomic E-state index is 5.43. The Kier molecular flexibility index (Phi) is 2.63. The van der Waals surface area contributed by atoms with Crippen LogP contribution >= 0.6 is 0 Å². The molecule has 0 atom stereocenters. The highest BCUT2D eigenvalue weighted by Crippen LogP contribution is 2.06. The Morgan fingerprint density at radius 1 is 1.80 bits per heavy atom.